The number of allylic oxidation sites excluding steroid dienone is 3. The summed E-state index contributed by atoms with van der Waals surface area (Å²) in [6.45, 7) is 5.39. The number of hydrogen-bond donors (Lipinski definition) is 1. The molecule has 1 atom stereocenters. The molecular weight excluding hydrogens is 352 g/mol. The molecule has 154 valence electrons. The van der Waals surface area contributed by atoms with Crippen LogP contribution >= 0.6 is 0 Å². The van der Waals surface area contributed by atoms with Crippen molar-refractivity contribution in [2.45, 2.75) is 45.1 Å². The second-order valence-electron chi connectivity index (χ2n) is 8.19. The molecule has 0 bridgehead atoms. The highest BCUT2D eigenvalue weighted by Gasteiger charge is 2.17. The van der Waals surface area contributed by atoms with Gasteiger partial charge in [-0.25, -0.2) is 0 Å². The normalized spacial score (nSPS) is 14.8. The fraction of sp³-hybridized carbons (Fsp3) is 0.407. The zero-order chi connectivity index (χ0) is 20.5. The third kappa shape index (κ3) is 5.91. The van der Waals surface area contributed by atoms with Crippen molar-refractivity contribution in [1.29, 1.82) is 0 Å². The SMILES string of the molecule is CCCCN(C)Cc1ccccc1-c1ccc(C(CNC)C2=CC=CCC2)cc1. The minimum absolute atomic E-state index is 0.453. The highest BCUT2D eigenvalue weighted by atomic mass is 15.1. The van der Waals surface area contributed by atoms with E-state index in [4.69, 9.17) is 0 Å². The predicted molar refractivity (Wildman–Crippen MR) is 126 cm³/mol. The second kappa shape index (κ2) is 11.1. The first-order valence-corrected chi connectivity index (χ1v) is 11.1. The summed E-state index contributed by atoms with van der Waals surface area (Å²) in [4.78, 5) is 2.43. The molecule has 0 aromatic heterocycles. The number of benzene rings is 2. The van der Waals surface area contributed by atoms with Crippen LogP contribution in [0.3, 0.4) is 0 Å². The van der Waals surface area contributed by atoms with E-state index in [9.17, 15) is 0 Å². The van der Waals surface area contributed by atoms with Crippen molar-refractivity contribution < 1.29 is 0 Å². The molecule has 1 aliphatic rings. The van der Waals surface area contributed by atoms with E-state index in [-0.39, 0.29) is 0 Å². The topological polar surface area (TPSA) is 15.3 Å². The fourth-order valence-corrected chi connectivity index (χ4v) is 4.21. The first-order valence-electron chi connectivity index (χ1n) is 11.1. The Morgan fingerprint density at radius 1 is 1.07 bits per heavy atom. The van der Waals surface area contributed by atoms with E-state index in [0.717, 1.165) is 32.5 Å². The summed E-state index contributed by atoms with van der Waals surface area (Å²) >= 11 is 0. The number of nitrogens with zero attached hydrogens (tertiary/aromatic N) is 1. The number of nitrogens with one attached hydrogen (secondary N) is 1. The summed E-state index contributed by atoms with van der Waals surface area (Å²) in [5.74, 6) is 0.453. The lowest BCUT2D eigenvalue weighted by molar-refractivity contribution is 0.321. The van der Waals surface area contributed by atoms with Crippen LogP contribution in [-0.4, -0.2) is 32.1 Å². The number of hydrogen-bond acceptors (Lipinski definition) is 2. The lowest BCUT2D eigenvalue weighted by atomic mass is 9.85. The lowest BCUT2D eigenvalue weighted by Gasteiger charge is -2.23. The molecule has 3 rings (SSSR count). The number of likely N-dealkylation sites (N-methyl/N-ethyl adjacent to an activating group) is 1. The molecule has 2 aromatic rings. The molecule has 0 amide bonds. The van der Waals surface area contributed by atoms with Crippen LogP contribution in [0.15, 0.2) is 72.3 Å². The molecule has 2 aromatic carbocycles. The third-order valence-corrected chi connectivity index (χ3v) is 5.88. The van der Waals surface area contributed by atoms with E-state index < -0.39 is 0 Å². The summed E-state index contributed by atoms with van der Waals surface area (Å²) in [5, 5.41) is 3.39. The summed E-state index contributed by atoms with van der Waals surface area (Å²) in [5.41, 5.74) is 7.02. The van der Waals surface area contributed by atoms with Gasteiger partial charge < -0.3 is 10.2 Å². The molecule has 0 radical (unpaired) electrons. The van der Waals surface area contributed by atoms with Crippen molar-refractivity contribution in [2.24, 2.45) is 0 Å². The number of unbranched alkanes of at least 4 members (excludes halogenated alkanes) is 1. The molecule has 0 heterocycles. The predicted octanol–water partition coefficient (Wildman–Crippen LogP) is 6.16. The lowest BCUT2D eigenvalue weighted by Crippen LogP contribution is -2.19. The molecule has 0 fully saturated rings. The Bertz CT molecular complexity index is 817. The van der Waals surface area contributed by atoms with Gasteiger partial charge in [0.05, 0.1) is 0 Å². The van der Waals surface area contributed by atoms with Gasteiger partial charge >= 0.3 is 0 Å². The van der Waals surface area contributed by atoms with Crippen molar-refractivity contribution in [3.8, 4) is 11.1 Å². The summed E-state index contributed by atoms with van der Waals surface area (Å²) in [6, 6.07) is 18.1. The van der Waals surface area contributed by atoms with Crippen LogP contribution in [0.5, 0.6) is 0 Å². The quantitative estimate of drug-likeness (QED) is 0.524. The van der Waals surface area contributed by atoms with Gasteiger partial charge in [0, 0.05) is 19.0 Å². The van der Waals surface area contributed by atoms with E-state index in [1.165, 1.54) is 40.7 Å². The zero-order valence-electron chi connectivity index (χ0n) is 18.3. The van der Waals surface area contributed by atoms with Gasteiger partial charge in [-0.1, -0.05) is 85.7 Å². The first-order chi connectivity index (χ1) is 14.2. The van der Waals surface area contributed by atoms with E-state index in [0.29, 0.717) is 5.92 Å². The van der Waals surface area contributed by atoms with E-state index >= 15 is 0 Å². The smallest absolute Gasteiger partial charge is 0.0236 e. The molecule has 2 heteroatoms. The Morgan fingerprint density at radius 3 is 2.55 bits per heavy atom. The largest absolute Gasteiger partial charge is 0.319 e. The molecule has 0 aliphatic heterocycles. The maximum absolute atomic E-state index is 3.39. The van der Waals surface area contributed by atoms with Crippen molar-refractivity contribution in [2.75, 3.05) is 27.2 Å². The average Bonchev–Trinajstić information content (AvgIpc) is 2.77. The molecule has 29 heavy (non-hydrogen) atoms. The van der Waals surface area contributed by atoms with Crippen molar-refractivity contribution in [1.82, 2.24) is 10.2 Å². The van der Waals surface area contributed by atoms with Crippen molar-refractivity contribution in [3.63, 3.8) is 0 Å². The second-order valence-corrected chi connectivity index (χ2v) is 8.19. The Kier molecular flexibility index (Phi) is 8.27. The van der Waals surface area contributed by atoms with Crippen LogP contribution in [0.4, 0.5) is 0 Å². The van der Waals surface area contributed by atoms with Gasteiger partial charge in [0.25, 0.3) is 0 Å². The van der Waals surface area contributed by atoms with Crippen LogP contribution in [0, 0.1) is 0 Å². The Labute approximate surface area is 177 Å². The maximum atomic E-state index is 3.39. The van der Waals surface area contributed by atoms with Crippen LogP contribution in [0.25, 0.3) is 11.1 Å². The van der Waals surface area contributed by atoms with Gasteiger partial charge in [0.2, 0.25) is 0 Å². The highest BCUT2D eigenvalue weighted by molar-refractivity contribution is 5.67. The molecule has 0 saturated heterocycles. The first kappa shape index (κ1) is 21.5. The van der Waals surface area contributed by atoms with E-state index in [1.54, 1.807) is 0 Å². The van der Waals surface area contributed by atoms with Crippen molar-refractivity contribution >= 4 is 0 Å². The monoisotopic (exact) mass is 388 g/mol. The highest BCUT2D eigenvalue weighted by Crippen LogP contribution is 2.32. The van der Waals surface area contributed by atoms with Gasteiger partial charge in [-0.2, -0.15) is 0 Å². The zero-order valence-corrected chi connectivity index (χ0v) is 18.3. The van der Waals surface area contributed by atoms with E-state index in [2.05, 4.69) is 90.9 Å². The van der Waals surface area contributed by atoms with Crippen molar-refractivity contribution in [3.05, 3.63) is 83.5 Å². The van der Waals surface area contributed by atoms with E-state index in [1.807, 2.05) is 7.05 Å². The molecule has 0 saturated carbocycles. The summed E-state index contributed by atoms with van der Waals surface area (Å²) in [6.07, 6.45) is 11.6. The molecular formula is C27H36N2. The molecule has 1 aliphatic carbocycles. The van der Waals surface area contributed by atoms with Crippen LogP contribution < -0.4 is 5.32 Å². The number of rotatable bonds is 10. The molecule has 1 N–H and O–H groups in total. The Hall–Kier alpha value is -2.16. The van der Waals surface area contributed by atoms with Crippen LogP contribution in [-0.2, 0) is 6.54 Å². The maximum Gasteiger partial charge on any atom is 0.0236 e. The molecule has 1 unspecified atom stereocenters. The fourth-order valence-electron chi connectivity index (χ4n) is 4.21. The Morgan fingerprint density at radius 2 is 1.86 bits per heavy atom. The van der Waals surface area contributed by atoms with Gasteiger partial charge in [-0.3, -0.25) is 0 Å². The van der Waals surface area contributed by atoms with Crippen LogP contribution in [0.2, 0.25) is 0 Å². The minimum Gasteiger partial charge on any atom is -0.319 e. The molecule has 0 spiro atoms. The van der Waals surface area contributed by atoms with Crippen LogP contribution in [0.1, 0.15) is 49.7 Å². The summed E-state index contributed by atoms with van der Waals surface area (Å²) in [7, 11) is 4.27. The van der Waals surface area contributed by atoms with Gasteiger partial charge in [0.1, 0.15) is 0 Å². The van der Waals surface area contributed by atoms with Gasteiger partial charge in [-0.15, -0.1) is 0 Å². The standard InChI is InChI=1S/C27H36N2/c1-4-5-19-29(3)21-25-13-9-10-14-26(25)23-15-17-24(18-16-23)27(20-28-2)22-11-7-6-8-12-22/h6-7,9-11,13-18,27-28H,4-5,8,12,19-21H2,1-3H3. The Balaban J connectivity index is 1.81. The third-order valence-electron chi connectivity index (χ3n) is 5.88. The summed E-state index contributed by atoms with van der Waals surface area (Å²) < 4.78 is 0. The average molecular weight is 389 g/mol. The van der Waals surface area contributed by atoms with Gasteiger partial charge in [0.15, 0.2) is 0 Å². The molecule has 2 nitrogen and oxygen atoms in total. The van der Waals surface area contributed by atoms with Gasteiger partial charge in [-0.05, 0) is 62.2 Å². The minimum atomic E-state index is 0.453.